The Hall–Kier alpha value is -2.01. The molecule has 3 rings (SSSR count). The predicted octanol–water partition coefficient (Wildman–Crippen LogP) is 4.14. The third kappa shape index (κ3) is 3.09. The fourth-order valence-corrected chi connectivity index (χ4v) is 2.44. The van der Waals surface area contributed by atoms with E-state index >= 15 is 0 Å². The molecule has 5 heteroatoms. The second kappa shape index (κ2) is 6.40. The molecule has 0 N–H and O–H groups in total. The zero-order valence-corrected chi connectivity index (χ0v) is 14.2. The van der Waals surface area contributed by atoms with Crippen LogP contribution in [0.15, 0.2) is 58.0 Å². The minimum absolute atomic E-state index is 0.486. The number of benzene rings is 2. The zero-order chi connectivity index (χ0) is 15.5. The van der Waals surface area contributed by atoms with Gasteiger partial charge in [0.1, 0.15) is 5.52 Å². The van der Waals surface area contributed by atoms with Crippen molar-refractivity contribution < 1.29 is 0 Å². The van der Waals surface area contributed by atoms with E-state index in [1.807, 2.05) is 53.2 Å². The van der Waals surface area contributed by atoms with Gasteiger partial charge in [-0.25, -0.2) is 0 Å². The van der Waals surface area contributed by atoms with Crippen molar-refractivity contribution in [3.8, 4) is 0 Å². The summed E-state index contributed by atoms with van der Waals surface area (Å²) in [6.07, 6.45) is 0. The summed E-state index contributed by atoms with van der Waals surface area (Å²) < 4.78 is 2.86. The molecule has 3 aromatic rings. The molecule has 0 bridgehead atoms. The van der Waals surface area contributed by atoms with Gasteiger partial charge in [0.25, 0.3) is 0 Å². The second-order valence-corrected chi connectivity index (χ2v) is 6.47. The van der Waals surface area contributed by atoms with E-state index < -0.39 is 0 Å². The summed E-state index contributed by atoms with van der Waals surface area (Å²) in [4.78, 5) is 4.78. The van der Waals surface area contributed by atoms with Gasteiger partial charge in [0.15, 0.2) is 5.84 Å². The Kier molecular flexibility index (Phi) is 4.34. The van der Waals surface area contributed by atoms with Crippen molar-refractivity contribution in [2.75, 3.05) is 6.54 Å². The number of halogens is 1. The summed E-state index contributed by atoms with van der Waals surface area (Å²) in [5.41, 5.74) is 2.87. The van der Waals surface area contributed by atoms with Crippen molar-refractivity contribution >= 4 is 32.8 Å². The highest BCUT2D eigenvalue weighted by Gasteiger charge is 2.12. The molecule has 112 valence electrons. The van der Waals surface area contributed by atoms with Crippen molar-refractivity contribution in [1.29, 1.82) is 0 Å². The Labute approximate surface area is 138 Å². The van der Waals surface area contributed by atoms with Gasteiger partial charge in [-0.15, -0.1) is 5.10 Å². The minimum atomic E-state index is 0.486. The van der Waals surface area contributed by atoms with Crippen LogP contribution in [-0.2, 0) is 0 Å². The number of aromatic nitrogens is 3. The third-order valence-electron chi connectivity index (χ3n) is 3.26. The molecule has 0 saturated heterocycles. The lowest BCUT2D eigenvalue weighted by Crippen LogP contribution is -2.17. The molecule has 22 heavy (non-hydrogen) atoms. The molecule has 1 heterocycles. The van der Waals surface area contributed by atoms with E-state index in [0.29, 0.717) is 5.92 Å². The summed E-state index contributed by atoms with van der Waals surface area (Å²) in [6, 6.07) is 16.0. The Balaban J connectivity index is 2.13. The number of aliphatic imine (C=N–C) groups is 1. The number of hydrogen-bond acceptors (Lipinski definition) is 3. The molecule has 0 aliphatic rings. The molecule has 0 atom stereocenters. The summed E-state index contributed by atoms with van der Waals surface area (Å²) in [5.74, 6) is 1.31. The Morgan fingerprint density at radius 2 is 1.86 bits per heavy atom. The molecule has 0 saturated carbocycles. The van der Waals surface area contributed by atoms with Gasteiger partial charge in [0, 0.05) is 16.6 Å². The average Bonchev–Trinajstić information content (AvgIpc) is 2.93. The van der Waals surface area contributed by atoms with E-state index in [2.05, 4.69) is 40.1 Å². The van der Waals surface area contributed by atoms with E-state index in [1.165, 1.54) is 0 Å². The Morgan fingerprint density at radius 1 is 1.14 bits per heavy atom. The van der Waals surface area contributed by atoms with E-state index in [9.17, 15) is 0 Å². The van der Waals surface area contributed by atoms with E-state index in [1.54, 1.807) is 0 Å². The van der Waals surface area contributed by atoms with Crippen molar-refractivity contribution in [3.63, 3.8) is 0 Å². The van der Waals surface area contributed by atoms with Crippen LogP contribution in [-0.4, -0.2) is 27.4 Å². The summed E-state index contributed by atoms with van der Waals surface area (Å²) in [7, 11) is 0. The first kappa shape index (κ1) is 14.9. The molecule has 0 spiro atoms. The maximum atomic E-state index is 4.78. The van der Waals surface area contributed by atoms with E-state index in [4.69, 9.17) is 4.99 Å². The molecule has 0 aliphatic heterocycles. The fourth-order valence-electron chi connectivity index (χ4n) is 2.17. The van der Waals surface area contributed by atoms with Crippen molar-refractivity contribution in [3.05, 3.63) is 58.6 Å². The van der Waals surface area contributed by atoms with Crippen LogP contribution >= 0.6 is 15.9 Å². The number of fused-ring (bicyclic) bond motifs is 1. The van der Waals surface area contributed by atoms with Crippen molar-refractivity contribution in [1.82, 2.24) is 15.0 Å². The molecular weight excluding hydrogens is 340 g/mol. The molecule has 1 aromatic heterocycles. The second-order valence-electron chi connectivity index (χ2n) is 5.55. The van der Waals surface area contributed by atoms with Gasteiger partial charge in [-0.2, -0.15) is 4.68 Å². The first-order valence-corrected chi connectivity index (χ1v) is 8.05. The van der Waals surface area contributed by atoms with Gasteiger partial charge < -0.3 is 0 Å². The standard InChI is InChI=1S/C17H17BrN4/c1-12(2)11-19-17(13-7-9-14(18)10-8-13)22-16-6-4-3-5-15(16)20-21-22/h3-10,12H,11H2,1-2H3. The molecule has 0 aliphatic carbocycles. The molecule has 0 unspecified atom stereocenters. The fraction of sp³-hybridized carbons (Fsp3) is 0.235. The first-order chi connectivity index (χ1) is 10.6. The lowest BCUT2D eigenvalue weighted by Gasteiger charge is -2.09. The maximum absolute atomic E-state index is 4.78. The molecular formula is C17H17BrN4. The highest BCUT2D eigenvalue weighted by molar-refractivity contribution is 9.10. The van der Waals surface area contributed by atoms with Crippen LogP contribution in [0.5, 0.6) is 0 Å². The van der Waals surface area contributed by atoms with Gasteiger partial charge in [0.05, 0.1) is 5.52 Å². The summed E-state index contributed by atoms with van der Waals surface area (Å²) >= 11 is 3.47. The smallest absolute Gasteiger partial charge is 0.158 e. The maximum Gasteiger partial charge on any atom is 0.158 e. The molecule has 0 fully saturated rings. The average molecular weight is 357 g/mol. The molecule has 4 nitrogen and oxygen atoms in total. The van der Waals surface area contributed by atoms with Gasteiger partial charge in [0.2, 0.25) is 0 Å². The molecule has 2 aromatic carbocycles. The summed E-state index contributed by atoms with van der Waals surface area (Å²) in [6.45, 7) is 5.06. The topological polar surface area (TPSA) is 43.1 Å². The van der Waals surface area contributed by atoms with Gasteiger partial charge in [-0.1, -0.05) is 59.3 Å². The number of nitrogens with zero attached hydrogens (tertiary/aromatic N) is 4. The number of hydrogen-bond donors (Lipinski definition) is 0. The van der Waals surface area contributed by atoms with Crippen LogP contribution in [0.25, 0.3) is 11.0 Å². The largest absolute Gasteiger partial charge is 0.266 e. The number of rotatable bonds is 3. The van der Waals surface area contributed by atoms with Crippen LogP contribution in [0.4, 0.5) is 0 Å². The van der Waals surface area contributed by atoms with Gasteiger partial charge >= 0.3 is 0 Å². The van der Waals surface area contributed by atoms with Crippen LogP contribution in [0.1, 0.15) is 19.4 Å². The van der Waals surface area contributed by atoms with Crippen LogP contribution in [0.2, 0.25) is 0 Å². The van der Waals surface area contributed by atoms with Crippen molar-refractivity contribution in [2.45, 2.75) is 13.8 Å². The van der Waals surface area contributed by atoms with Gasteiger partial charge in [-0.3, -0.25) is 4.99 Å². The van der Waals surface area contributed by atoms with E-state index in [-0.39, 0.29) is 0 Å². The monoisotopic (exact) mass is 356 g/mol. The highest BCUT2D eigenvalue weighted by Crippen LogP contribution is 2.16. The summed E-state index contributed by atoms with van der Waals surface area (Å²) in [5, 5.41) is 8.53. The van der Waals surface area contributed by atoms with Crippen LogP contribution < -0.4 is 0 Å². The zero-order valence-electron chi connectivity index (χ0n) is 12.6. The van der Waals surface area contributed by atoms with E-state index in [0.717, 1.165) is 33.4 Å². The quantitative estimate of drug-likeness (QED) is 0.522. The first-order valence-electron chi connectivity index (χ1n) is 7.26. The lowest BCUT2D eigenvalue weighted by atomic mass is 10.2. The number of para-hydroxylation sites is 1. The van der Waals surface area contributed by atoms with Gasteiger partial charge in [-0.05, 0) is 30.2 Å². The molecule has 0 radical (unpaired) electrons. The highest BCUT2D eigenvalue weighted by atomic mass is 79.9. The molecule has 0 amide bonds. The SMILES string of the molecule is CC(C)CN=C(c1ccc(Br)cc1)n1nnc2ccccc21. The van der Waals surface area contributed by atoms with Crippen molar-refractivity contribution in [2.24, 2.45) is 10.9 Å². The normalized spacial score (nSPS) is 12.3. The van der Waals surface area contributed by atoms with Crippen LogP contribution in [0.3, 0.4) is 0 Å². The minimum Gasteiger partial charge on any atom is -0.266 e. The van der Waals surface area contributed by atoms with Crippen LogP contribution in [0, 0.1) is 5.92 Å². The Bertz CT molecular complexity index is 803. The lowest BCUT2D eigenvalue weighted by molar-refractivity contribution is 0.662. The third-order valence-corrected chi connectivity index (χ3v) is 3.79. The predicted molar refractivity (Wildman–Crippen MR) is 93.3 cm³/mol. The Morgan fingerprint density at radius 3 is 2.59 bits per heavy atom.